The van der Waals surface area contributed by atoms with Crippen LogP contribution in [0.25, 0.3) is 0 Å². The average Bonchev–Trinajstić information content (AvgIpc) is 3.56. The van der Waals surface area contributed by atoms with Gasteiger partial charge in [0.05, 0.1) is 45.7 Å². The van der Waals surface area contributed by atoms with Gasteiger partial charge in [0.1, 0.15) is 12.3 Å². The molecule has 2 aliphatic carbocycles. The predicted octanol–water partition coefficient (Wildman–Crippen LogP) is 4.89. The third-order valence-electron chi connectivity index (χ3n) is 10.1. The lowest BCUT2D eigenvalue weighted by Gasteiger charge is -2.16. The van der Waals surface area contributed by atoms with E-state index < -0.39 is 37.5 Å². The van der Waals surface area contributed by atoms with Gasteiger partial charge in [0.15, 0.2) is 0 Å². The molecule has 3 aliphatic rings. The number of amides is 1. The standard InChI is InChI=1S/C36H60N3O12P/c1-27-24-39(35(42)38-34(27)41)33-23-31(32(25-40)51-33)47-18-13-9-5-3-2-4-6-10-14-19-49-52(44,45)50-22-21-46-20-17-37-36(43)48-26-30-28-15-11-7-8-12-16-29(28)30/h7-8,24,28-33,40H,2-6,9-23,25-26H2,1H3,(H,37,43)(H,44,45)(H,38,41,42)/b8-7-/t28-,29+,30-,31?,32-,33-/m1/s1. The maximum absolute atomic E-state index is 12.2. The van der Waals surface area contributed by atoms with Crippen LogP contribution in [0.15, 0.2) is 27.9 Å². The summed E-state index contributed by atoms with van der Waals surface area (Å²) in [6, 6.07) is 0. The number of aromatic amines is 1. The van der Waals surface area contributed by atoms with Crippen LogP contribution < -0.4 is 16.6 Å². The number of alkyl carbamates (subject to hydrolysis) is 1. The predicted molar refractivity (Wildman–Crippen MR) is 193 cm³/mol. The summed E-state index contributed by atoms with van der Waals surface area (Å²) in [5.41, 5.74) is -0.562. The molecular formula is C36H60N3O12P. The van der Waals surface area contributed by atoms with Crippen LogP contribution in [0.2, 0.25) is 0 Å². The fourth-order valence-electron chi connectivity index (χ4n) is 7.11. The van der Waals surface area contributed by atoms with Crippen molar-refractivity contribution in [1.29, 1.82) is 0 Å². The van der Waals surface area contributed by atoms with E-state index in [9.17, 15) is 28.9 Å². The molecule has 1 aliphatic heterocycles. The van der Waals surface area contributed by atoms with Gasteiger partial charge in [0.2, 0.25) is 0 Å². The van der Waals surface area contributed by atoms with Crippen molar-refractivity contribution in [2.75, 3.05) is 52.8 Å². The summed E-state index contributed by atoms with van der Waals surface area (Å²) in [4.78, 5) is 48.0. The summed E-state index contributed by atoms with van der Waals surface area (Å²) in [5, 5.41) is 12.4. The van der Waals surface area contributed by atoms with Crippen LogP contribution in [0.4, 0.5) is 4.79 Å². The summed E-state index contributed by atoms with van der Waals surface area (Å²) in [5.74, 6) is 1.83. The van der Waals surface area contributed by atoms with Crippen molar-refractivity contribution in [3.8, 4) is 0 Å². The molecule has 2 fully saturated rings. The van der Waals surface area contributed by atoms with Crippen LogP contribution >= 0.6 is 7.82 Å². The molecule has 1 aromatic rings. The minimum atomic E-state index is -4.14. The molecule has 4 rings (SSSR count). The number of nitrogens with one attached hydrogen (secondary N) is 2. The number of rotatable bonds is 25. The van der Waals surface area contributed by atoms with Crippen molar-refractivity contribution in [2.45, 2.75) is 115 Å². The number of phosphoric acid groups is 1. The third-order valence-corrected chi connectivity index (χ3v) is 11.1. The molecule has 1 amide bonds. The number of fused-ring (bicyclic) bond motifs is 1. The monoisotopic (exact) mass is 757 g/mol. The van der Waals surface area contributed by atoms with Crippen molar-refractivity contribution >= 4 is 13.9 Å². The fourth-order valence-corrected chi connectivity index (χ4v) is 7.85. The molecule has 0 bridgehead atoms. The Balaban J connectivity index is 0.892. The summed E-state index contributed by atoms with van der Waals surface area (Å²) < 4.78 is 46.0. The molecule has 16 heteroatoms. The van der Waals surface area contributed by atoms with E-state index in [2.05, 4.69) is 22.5 Å². The molecule has 2 heterocycles. The van der Waals surface area contributed by atoms with Crippen LogP contribution in [0, 0.1) is 24.7 Å². The second kappa shape index (κ2) is 22.8. The van der Waals surface area contributed by atoms with Gasteiger partial charge in [-0.25, -0.2) is 14.2 Å². The van der Waals surface area contributed by atoms with Crippen molar-refractivity contribution in [3.63, 3.8) is 0 Å². The molecule has 2 unspecified atom stereocenters. The Labute approximate surface area is 306 Å². The Morgan fingerprint density at radius 3 is 2.25 bits per heavy atom. The lowest BCUT2D eigenvalue weighted by molar-refractivity contribution is -0.0626. The van der Waals surface area contributed by atoms with Crippen molar-refractivity contribution < 1.29 is 47.4 Å². The van der Waals surface area contributed by atoms with Gasteiger partial charge in [-0.05, 0) is 63.2 Å². The maximum Gasteiger partial charge on any atom is 0.472 e. The molecule has 1 aromatic heterocycles. The first-order chi connectivity index (χ1) is 25.2. The molecule has 15 nitrogen and oxygen atoms in total. The summed E-state index contributed by atoms with van der Waals surface area (Å²) in [6.45, 7) is 3.06. The number of nitrogens with zero attached hydrogens (tertiary/aromatic N) is 1. The van der Waals surface area contributed by atoms with Gasteiger partial charge >= 0.3 is 19.6 Å². The topological polar surface area (TPSA) is 197 Å². The van der Waals surface area contributed by atoms with Crippen molar-refractivity contribution in [3.05, 3.63) is 44.8 Å². The molecule has 0 spiro atoms. The molecule has 0 radical (unpaired) electrons. The minimum Gasteiger partial charge on any atom is -0.449 e. The lowest BCUT2D eigenvalue weighted by Crippen LogP contribution is -2.33. The van der Waals surface area contributed by atoms with Gasteiger partial charge in [0.25, 0.3) is 5.56 Å². The van der Waals surface area contributed by atoms with E-state index in [0.717, 1.165) is 64.2 Å². The zero-order chi connectivity index (χ0) is 37.2. The first-order valence-corrected chi connectivity index (χ1v) is 20.6. The Kier molecular flexibility index (Phi) is 18.6. The highest BCUT2D eigenvalue weighted by atomic mass is 31.2. The highest BCUT2D eigenvalue weighted by molar-refractivity contribution is 7.47. The largest absolute Gasteiger partial charge is 0.472 e. The highest BCUT2D eigenvalue weighted by Crippen LogP contribution is 2.52. The number of ether oxygens (including phenoxy) is 4. The first-order valence-electron chi connectivity index (χ1n) is 19.1. The van der Waals surface area contributed by atoms with E-state index in [4.69, 9.17) is 28.0 Å². The van der Waals surface area contributed by atoms with E-state index in [1.165, 1.54) is 23.6 Å². The molecule has 52 heavy (non-hydrogen) atoms. The lowest BCUT2D eigenvalue weighted by atomic mass is 10.1. The number of allylic oxidation sites excluding steroid dienone is 2. The van der Waals surface area contributed by atoms with E-state index in [1.807, 2.05) is 0 Å². The number of aliphatic hydroxyl groups excluding tert-OH is 1. The van der Waals surface area contributed by atoms with Gasteiger partial charge < -0.3 is 34.3 Å². The summed E-state index contributed by atoms with van der Waals surface area (Å²) in [7, 11) is -4.14. The number of aryl methyl sites for hydroxylation is 1. The normalized spacial score (nSPS) is 25.8. The van der Waals surface area contributed by atoms with Gasteiger partial charge in [-0.2, -0.15) is 0 Å². The number of aromatic nitrogens is 2. The van der Waals surface area contributed by atoms with Crippen molar-refractivity contribution in [2.24, 2.45) is 17.8 Å². The molecule has 1 saturated carbocycles. The van der Waals surface area contributed by atoms with Gasteiger partial charge in [-0.15, -0.1) is 0 Å². The van der Waals surface area contributed by atoms with Crippen LogP contribution in [-0.4, -0.2) is 90.6 Å². The van der Waals surface area contributed by atoms with Crippen LogP contribution in [0.3, 0.4) is 0 Å². The molecule has 7 atom stereocenters. The first kappa shape index (κ1) is 42.4. The number of aliphatic hydroxyl groups is 1. The van der Waals surface area contributed by atoms with E-state index in [1.54, 1.807) is 6.92 Å². The number of unbranched alkanes of at least 4 members (excludes halogenated alkanes) is 8. The van der Waals surface area contributed by atoms with Crippen LogP contribution in [0.5, 0.6) is 0 Å². The second-order valence-electron chi connectivity index (χ2n) is 14.0. The molecule has 296 valence electrons. The third kappa shape index (κ3) is 14.8. The smallest absolute Gasteiger partial charge is 0.449 e. The Hall–Kier alpha value is -2.36. The highest BCUT2D eigenvalue weighted by Gasteiger charge is 2.49. The SMILES string of the molecule is Cc1cn([C@H]2CC(OCCCCCCCCCCCOP(=O)(O)OCCOCCNC(=O)OC[C@@H]3[C@@H]4CC/C=C\CC[C@@H]43)[C@@H](CO)O2)c(=O)[nH]c1=O. The molecular weight excluding hydrogens is 697 g/mol. The van der Waals surface area contributed by atoms with Gasteiger partial charge in [0, 0.05) is 31.3 Å². The van der Waals surface area contributed by atoms with E-state index in [-0.39, 0.29) is 45.7 Å². The zero-order valence-electron chi connectivity index (χ0n) is 30.6. The van der Waals surface area contributed by atoms with E-state index in [0.29, 0.717) is 49.4 Å². The summed E-state index contributed by atoms with van der Waals surface area (Å²) in [6.07, 6.45) is 17.9. The minimum absolute atomic E-state index is 0.0945. The van der Waals surface area contributed by atoms with Gasteiger partial charge in [-0.3, -0.25) is 23.4 Å². The summed E-state index contributed by atoms with van der Waals surface area (Å²) >= 11 is 0. The van der Waals surface area contributed by atoms with Crippen LogP contribution in [0.1, 0.15) is 102 Å². The number of carbonyl (C=O) groups is 1. The van der Waals surface area contributed by atoms with Crippen molar-refractivity contribution in [1.82, 2.24) is 14.9 Å². The zero-order valence-corrected chi connectivity index (χ0v) is 31.5. The maximum atomic E-state index is 12.2. The number of hydrogen-bond donors (Lipinski definition) is 4. The second-order valence-corrected chi connectivity index (χ2v) is 15.5. The number of carbonyl (C=O) groups excluding carboxylic acids is 1. The Morgan fingerprint density at radius 2 is 1.58 bits per heavy atom. The van der Waals surface area contributed by atoms with E-state index >= 15 is 0 Å². The average molecular weight is 758 g/mol. The number of phosphoric ester groups is 1. The number of H-pyrrole nitrogens is 1. The van der Waals surface area contributed by atoms with Crippen LogP contribution in [-0.2, 0) is 32.6 Å². The van der Waals surface area contributed by atoms with Gasteiger partial charge in [-0.1, -0.05) is 57.1 Å². The molecule has 1 saturated heterocycles. The number of hydrogen-bond acceptors (Lipinski definition) is 11. The molecule has 0 aromatic carbocycles. The Morgan fingerprint density at radius 1 is 0.942 bits per heavy atom. The fraction of sp³-hybridized carbons (Fsp3) is 0.806. The molecule has 4 N–H and O–H groups in total. The quantitative estimate of drug-likeness (QED) is 0.0600. The Bertz CT molecular complexity index is 1390.